The molecule has 5 aromatic carbocycles. The number of nitrogens with one attached hydrogen (secondary N) is 6. The fourth-order valence-corrected chi connectivity index (χ4v) is 11.0. The summed E-state index contributed by atoms with van der Waals surface area (Å²) in [4.78, 5) is 113. The molecule has 0 bridgehead atoms. The Morgan fingerprint density at radius 2 is 1.06 bits per heavy atom. The number of ether oxygens (including phenoxy) is 4. The van der Waals surface area contributed by atoms with Crippen molar-refractivity contribution in [3.8, 4) is 34.5 Å². The van der Waals surface area contributed by atoms with Crippen LogP contribution in [-0.2, 0) is 79.3 Å². The highest BCUT2D eigenvalue weighted by Gasteiger charge is 2.54. The summed E-state index contributed by atoms with van der Waals surface area (Å²) in [6, 6.07) is 19.5. The van der Waals surface area contributed by atoms with Gasteiger partial charge < -0.3 is 96.8 Å². The lowest BCUT2D eigenvalue weighted by Gasteiger charge is -2.36. The number of aliphatic carboxylic acids is 5. The smallest absolute Gasteiger partial charge is 0.342 e. The number of carboxylic acids is 5. The highest BCUT2D eigenvalue weighted by molar-refractivity contribution is 7.80. The van der Waals surface area contributed by atoms with Crippen LogP contribution in [0.2, 0.25) is 0 Å². The Hall–Kier alpha value is -10.3. The zero-order valence-electron chi connectivity index (χ0n) is 52.0. The van der Waals surface area contributed by atoms with E-state index in [2.05, 4.69) is 31.9 Å². The summed E-state index contributed by atoms with van der Waals surface area (Å²) in [6.07, 6.45) is 0.119. The lowest BCUT2D eigenvalue weighted by Crippen LogP contribution is -2.51. The van der Waals surface area contributed by atoms with Crippen molar-refractivity contribution < 1.29 is 108 Å². The molecule has 514 valence electrons. The number of aryl methyl sites for hydroxylation is 2. The molecule has 31 heteroatoms. The zero-order chi connectivity index (χ0) is 69.5. The Labute approximate surface area is 555 Å². The molecule has 1 spiro atoms. The number of fused-ring (bicyclic) bond motifs is 6. The molecule has 2 atom stereocenters. The lowest BCUT2D eigenvalue weighted by atomic mass is 9.77. The molecule has 5 aromatic rings. The topological polar surface area (TPSA) is 451 Å². The van der Waals surface area contributed by atoms with E-state index in [-0.39, 0.29) is 161 Å². The number of hydrogen-bond donors (Lipinski definition) is 15. The first-order valence-electron chi connectivity index (χ1n) is 30.6. The molecule has 15 N–H and O–H groups in total. The van der Waals surface area contributed by atoms with Gasteiger partial charge in [-0.05, 0) is 104 Å². The van der Waals surface area contributed by atoms with Gasteiger partial charge in [-0.15, -0.1) is 0 Å². The van der Waals surface area contributed by atoms with Gasteiger partial charge in [-0.3, -0.25) is 33.8 Å². The predicted molar refractivity (Wildman–Crippen MR) is 344 cm³/mol. The molecule has 0 aromatic heterocycles. The van der Waals surface area contributed by atoms with Crippen molar-refractivity contribution in [2.75, 3.05) is 77.6 Å². The third-order valence-corrected chi connectivity index (χ3v) is 15.7. The van der Waals surface area contributed by atoms with Crippen molar-refractivity contribution in [2.45, 2.75) is 88.6 Å². The Morgan fingerprint density at radius 3 is 1.57 bits per heavy atom. The van der Waals surface area contributed by atoms with E-state index in [1.807, 2.05) is 0 Å². The summed E-state index contributed by atoms with van der Waals surface area (Å²) in [5, 5.41) is 105. The van der Waals surface area contributed by atoms with Crippen molar-refractivity contribution in [2.24, 2.45) is 0 Å². The Bertz CT molecular complexity index is 3610. The fourth-order valence-electron chi connectivity index (χ4n) is 10.8. The molecule has 0 fully saturated rings. The Morgan fingerprint density at radius 1 is 0.552 bits per heavy atom. The van der Waals surface area contributed by atoms with Crippen LogP contribution in [0.15, 0.2) is 91.0 Å². The molecule has 0 saturated carbocycles. The van der Waals surface area contributed by atoms with Crippen molar-refractivity contribution in [3.63, 3.8) is 0 Å². The van der Waals surface area contributed by atoms with Crippen molar-refractivity contribution in [1.29, 1.82) is 0 Å². The molecule has 2 aliphatic rings. The monoisotopic (exact) mass is 1350 g/mol. The molecule has 7 rings (SSSR count). The summed E-state index contributed by atoms with van der Waals surface area (Å²) in [5.41, 5.74) is 2.68. The zero-order valence-corrected chi connectivity index (χ0v) is 52.8. The van der Waals surface area contributed by atoms with E-state index < -0.39 is 85.5 Å². The number of carbonyl (C=O) groups is 9. The second kappa shape index (κ2) is 35.2. The normalized spacial score (nSPS) is 13.0. The Balaban J connectivity index is 0.779. The number of phenolic OH excluding ortho intramolecular Hbond substituents is 4. The third kappa shape index (κ3) is 21.3. The summed E-state index contributed by atoms with van der Waals surface area (Å²) < 4.78 is 23.5. The number of anilines is 1. The minimum absolute atomic E-state index is 0.00910. The van der Waals surface area contributed by atoms with Gasteiger partial charge >= 0.3 is 41.8 Å². The van der Waals surface area contributed by atoms with Gasteiger partial charge in [-0.25, -0.2) is 19.2 Å². The number of amides is 4. The second-order valence-corrected chi connectivity index (χ2v) is 22.9. The number of phenols is 4. The van der Waals surface area contributed by atoms with Gasteiger partial charge in [0.15, 0.2) is 10.7 Å². The molecule has 2 aliphatic heterocycles. The summed E-state index contributed by atoms with van der Waals surface area (Å²) in [7, 11) is 0. The maximum absolute atomic E-state index is 13.7. The molecular weight excluding hydrogens is 1280 g/mol. The number of hydrogen-bond acceptors (Lipinski definition) is 20. The first kappa shape index (κ1) is 73.1. The predicted octanol–water partition coefficient (Wildman–Crippen LogP) is 3.91. The average Bonchev–Trinajstić information content (AvgIpc) is 1.48. The van der Waals surface area contributed by atoms with Crippen LogP contribution >= 0.6 is 12.2 Å². The van der Waals surface area contributed by atoms with Crippen LogP contribution in [0.5, 0.6) is 34.5 Å². The van der Waals surface area contributed by atoms with Crippen molar-refractivity contribution >= 4 is 76.7 Å². The van der Waals surface area contributed by atoms with Crippen LogP contribution in [0.3, 0.4) is 0 Å². The number of thiocarbonyl (C=S) groups is 1. The quantitative estimate of drug-likeness (QED) is 0.0151. The molecule has 0 radical (unpaired) electrons. The summed E-state index contributed by atoms with van der Waals surface area (Å²) >= 11 is 5.55. The number of rotatable bonds is 39. The van der Waals surface area contributed by atoms with E-state index in [0.29, 0.717) is 57.6 Å². The van der Waals surface area contributed by atoms with Gasteiger partial charge in [0, 0.05) is 105 Å². The molecule has 0 aliphatic carbocycles. The maximum atomic E-state index is 13.7. The number of urea groups is 1. The molecule has 0 saturated heterocycles. The number of carbonyl (C=O) groups excluding carboxylic acids is 4. The largest absolute Gasteiger partial charge is 0.508 e. The van der Waals surface area contributed by atoms with E-state index in [0.717, 1.165) is 0 Å². The van der Waals surface area contributed by atoms with Crippen LogP contribution in [-0.4, -0.2) is 199 Å². The number of nitrogens with zero attached hydrogens (tertiary/aromatic N) is 2. The van der Waals surface area contributed by atoms with Gasteiger partial charge in [-0.1, -0.05) is 36.4 Å². The molecule has 30 nitrogen and oxygen atoms in total. The highest BCUT2D eigenvalue weighted by Crippen LogP contribution is 2.58. The number of benzene rings is 5. The second-order valence-electron chi connectivity index (χ2n) is 22.5. The molecule has 4 amide bonds. The van der Waals surface area contributed by atoms with Gasteiger partial charge in [-0.2, -0.15) is 0 Å². The highest BCUT2D eigenvalue weighted by atomic mass is 32.1. The third-order valence-electron chi connectivity index (χ3n) is 15.4. The average molecular weight is 1350 g/mol. The molecule has 96 heavy (non-hydrogen) atoms. The van der Waals surface area contributed by atoms with Crippen molar-refractivity contribution in [1.82, 2.24) is 36.4 Å². The van der Waals surface area contributed by atoms with E-state index >= 15 is 0 Å². The first-order valence-corrected chi connectivity index (χ1v) is 31.0. The van der Waals surface area contributed by atoms with Gasteiger partial charge in [0.05, 0.1) is 50.8 Å². The van der Waals surface area contributed by atoms with Crippen LogP contribution in [0.4, 0.5) is 10.5 Å². The van der Waals surface area contributed by atoms with Crippen LogP contribution < -0.4 is 36.6 Å². The van der Waals surface area contributed by atoms with Gasteiger partial charge in [0.1, 0.15) is 46.6 Å². The standard InChI is InChI=1S/C65H76N8O22S/c74-42-11-13-44-52(32-42)94-53-33-43(75)12-14-45(53)65(44)46-4-3-6-47(59(46)62(90)95-65)71-64(96)68-23-27-93-29-28-92-26-22-67-55(79)19-10-39-8-17-51(77)41(31-39)35-73(37-58(84)85)25-24-72(36-57(82)83)34-40-30-38(7-16-50(40)76)9-18-54(78)66-21-2-1-5-48(60(86)87)69-63(91)70-49(61(88)89)15-20-56(80)81/h3-4,6-8,11-14,16-17,30-33,48-49,74-77H,1-2,5,9-10,15,18-29,34-37H2,(H,66,78)(H,67,79)(H,80,81)(H,82,83)(H,84,85)(H,86,87)(H,88,89)(H2,68,71,96)(H2,69,70,91)/t48-,49-/m0/s1. The minimum Gasteiger partial charge on any atom is -0.508 e. The van der Waals surface area contributed by atoms with E-state index in [1.165, 1.54) is 46.2 Å². The number of aromatic hydroxyl groups is 4. The minimum atomic E-state index is -1.56. The number of unbranched alkanes of at least 4 members (excludes halogenated alkanes) is 1. The molecule has 0 unspecified atom stereocenters. The van der Waals surface area contributed by atoms with E-state index in [4.69, 9.17) is 36.3 Å². The summed E-state index contributed by atoms with van der Waals surface area (Å²) in [6.45, 7) is 0.540. The van der Waals surface area contributed by atoms with Crippen LogP contribution in [0, 0.1) is 0 Å². The summed E-state index contributed by atoms with van der Waals surface area (Å²) in [5.74, 6) is -7.67. The van der Waals surface area contributed by atoms with Gasteiger partial charge in [0.2, 0.25) is 11.8 Å². The van der Waals surface area contributed by atoms with Crippen LogP contribution in [0.25, 0.3) is 0 Å². The Kier molecular flexibility index (Phi) is 26.8. The van der Waals surface area contributed by atoms with E-state index in [9.17, 15) is 84.0 Å². The molecular formula is C65H76N8O22S. The SMILES string of the molecule is O=C(O)CC[C@H](NC(=O)N[C@@H](CCCCNC(=O)CCc1ccc(O)c(CN(CCN(CC(=O)O)Cc2cc(CCC(=O)NCCOCCOCCNC(=S)Nc3cccc4c3C(=O)OC43c4ccc(O)cc4Oc4cc(O)ccc43)ccc2O)CC(=O)O)c1)C(=O)O)C(=O)O. The first-order chi connectivity index (χ1) is 45.9. The fraction of sp³-hybridized carbons (Fsp3) is 0.385. The molecule has 2 heterocycles. The number of esters is 1. The van der Waals surface area contributed by atoms with Gasteiger partial charge in [0.25, 0.3) is 0 Å². The van der Waals surface area contributed by atoms with Crippen LogP contribution in [0.1, 0.15) is 94.2 Å². The lowest BCUT2D eigenvalue weighted by molar-refractivity contribution is -0.141. The van der Waals surface area contributed by atoms with Crippen molar-refractivity contribution in [3.05, 3.63) is 136 Å². The number of carboxylic acid groups (broad SMARTS) is 5. The maximum Gasteiger partial charge on any atom is 0.342 e. The van der Waals surface area contributed by atoms with E-state index in [1.54, 1.807) is 54.6 Å².